The number of hydrogen-bond donors (Lipinski definition) is 10. The lowest BCUT2D eigenvalue weighted by Crippen LogP contribution is -2.30. The molecule has 2 amide bonds. The Morgan fingerprint density at radius 2 is 0.913 bits per heavy atom. The number of anilines is 2. The van der Waals surface area contributed by atoms with E-state index in [0.29, 0.717) is 11.4 Å². The number of carbonyl (C=O) groups is 2. The van der Waals surface area contributed by atoms with E-state index in [9.17, 15) is 39.0 Å². The molecule has 0 aliphatic rings. The van der Waals surface area contributed by atoms with Gasteiger partial charge < -0.3 is 20.8 Å². The molecule has 0 saturated carbocycles. The van der Waals surface area contributed by atoms with Crippen LogP contribution in [-0.4, -0.2) is 62.4 Å². The molecule has 0 atom stereocenters. The molecule has 0 aliphatic carbocycles. The Morgan fingerprint density at radius 1 is 0.543 bits per heavy atom. The number of carbonyl (C=O) groups excluding carboxylic acids is 2. The number of nitrogens with zero attached hydrogens (tertiary/aromatic N) is 2. The van der Waals surface area contributed by atoms with E-state index in [1.807, 2.05) is 19.9 Å². The SMILES string of the molecule is O=C(Nc1ccc(-c2ccn[nH]2)cc1)c1c(O)[nH]c(=O)[nH]c1=O.O=C(Nc1ccc(-c2ccn[nH]2)cc1)c1c(O)[nH]c(=O)[nH]c1=O. The van der Waals surface area contributed by atoms with Gasteiger partial charge in [0.15, 0.2) is 11.1 Å². The highest BCUT2D eigenvalue weighted by Gasteiger charge is 2.19. The van der Waals surface area contributed by atoms with Gasteiger partial charge in [0.05, 0.1) is 11.4 Å². The summed E-state index contributed by atoms with van der Waals surface area (Å²) in [5.41, 5.74) is -0.668. The zero-order valence-electron chi connectivity index (χ0n) is 23.2. The zero-order chi connectivity index (χ0) is 32.8. The number of aromatic hydroxyl groups is 2. The van der Waals surface area contributed by atoms with E-state index in [1.165, 1.54) is 0 Å². The van der Waals surface area contributed by atoms with Gasteiger partial charge in [-0.2, -0.15) is 10.2 Å². The predicted octanol–water partition coefficient (Wildman–Crippen LogP) is 0.822. The summed E-state index contributed by atoms with van der Waals surface area (Å²) in [5, 5.41) is 37.3. The summed E-state index contributed by atoms with van der Waals surface area (Å²) in [7, 11) is 0. The predicted molar refractivity (Wildman–Crippen MR) is 163 cm³/mol. The third-order valence-corrected chi connectivity index (χ3v) is 6.21. The van der Waals surface area contributed by atoms with E-state index in [1.54, 1.807) is 73.1 Å². The summed E-state index contributed by atoms with van der Waals surface area (Å²) in [6.45, 7) is 0. The minimum atomic E-state index is -0.974. The van der Waals surface area contributed by atoms with Crippen molar-refractivity contribution in [2.75, 3.05) is 10.6 Å². The van der Waals surface area contributed by atoms with Crippen molar-refractivity contribution >= 4 is 23.2 Å². The maximum Gasteiger partial charge on any atom is 0.328 e. The number of benzene rings is 2. The number of aromatic amines is 6. The molecular formula is C28H22N10O8. The first-order valence-electron chi connectivity index (χ1n) is 13.0. The molecule has 0 spiro atoms. The second-order valence-electron chi connectivity index (χ2n) is 9.27. The van der Waals surface area contributed by atoms with E-state index in [-0.39, 0.29) is 0 Å². The number of amides is 2. The average Bonchev–Trinajstić information content (AvgIpc) is 3.73. The molecule has 46 heavy (non-hydrogen) atoms. The molecule has 0 unspecified atom stereocenters. The normalized spacial score (nSPS) is 10.4. The van der Waals surface area contributed by atoms with Gasteiger partial charge in [0.1, 0.15) is 0 Å². The van der Waals surface area contributed by atoms with Crippen LogP contribution in [0.2, 0.25) is 0 Å². The molecular weight excluding hydrogens is 604 g/mol. The van der Waals surface area contributed by atoms with Crippen LogP contribution in [0.3, 0.4) is 0 Å². The zero-order valence-corrected chi connectivity index (χ0v) is 23.2. The highest BCUT2D eigenvalue weighted by atomic mass is 16.3. The molecule has 2 aromatic carbocycles. The van der Waals surface area contributed by atoms with Gasteiger partial charge in [-0.1, -0.05) is 24.3 Å². The Hall–Kier alpha value is -7.24. The first-order valence-corrected chi connectivity index (χ1v) is 13.0. The van der Waals surface area contributed by atoms with Crippen molar-refractivity contribution in [3.63, 3.8) is 0 Å². The molecule has 4 aromatic heterocycles. The lowest BCUT2D eigenvalue weighted by atomic mass is 10.1. The third-order valence-electron chi connectivity index (χ3n) is 6.21. The third kappa shape index (κ3) is 6.86. The molecule has 0 aliphatic heterocycles. The van der Waals surface area contributed by atoms with Crippen molar-refractivity contribution < 1.29 is 19.8 Å². The van der Waals surface area contributed by atoms with Gasteiger partial charge in [0.25, 0.3) is 22.9 Å². The van der Waals surface area contributed by atoms with Gasteiger partial charge in [-0.05, 0) is 47.5 Å². The monoisotopic (exact) mass is 626 g/mol. The summed E-state index contributed by atoms with van der Waals surface area (Å²) >= 11 is 0. The number of rotatable bonds is 6. The standard InChI is InChI=1S/2C14H11N5O4/c2*20-11(10-12(21)17-14(23)18-13(10)22)16-8-3-1-7(2-4-8)9-5-6-15-19-9/h2*1-6H,(H,15,19)(H,16,20)(H3,17,18,21,22,23). The summed E-state index contributed by atoms with van der Waals surface area (Å²) in [6, 6.07) is 17.1. The van der Waals surface area contributed by atoms with Gasteiger partial charge >= 0.3 is 11.4 Å². The van der Waals surface area contributed by atoms with Crippen molar-refractivity contribution in [2.45, 2.75) is 0 Å². The summed E-state index contributed by atoms with van der Waals surface area (Å²) < 4.78 is 0. The fraction of sp³-hybridized carbons (Fsp3) is 0. The fourth-order valence-corrected chi connectivity index (χ4v) is 4.06. The maximum absolute atomic E-state index is 12.1. The van der Waals surface area contributed by atoms with Crippen molar-refractivity contribution in [1.29, 1.82) is 0 Å². The van der Waals surface area contributed by atoms with Gasteiger partial charge in [-0.15, -0.1) is 0 Å². The van der Waals surface area contributed by atoms with Crippen LogP contribution in [0.15, 0.2) is 92.2 Å². The van der Waals surface area contributed by atoms with Gasteiger partial charge in [0, 0.05) is 23.8 Å². The number of H-pyrrole nitrogens is 6. The van der Waals surface area contributed by atoms with E-state index < -0.39 is 57.2 Å². The topological polar surface area (TPSA) is 287 Å². The Labute approximate surface area is 254 Å². The van der Waals surface area contributed by atoms with Crippen LogP contribution in [0.1, 0.15) is 20.7 Å². The van der Waals surface area contributed by atoms with Crippen LogP contribution >= 0.6 is 0 Å². The number of hydrogen-bond acceptors (Lipinski definition) is 10. The molecule has 10 N–H and O–H groups in total. The minimum absolute atomic E-state index is 0.420. The van der Waals surface area contributed by atoms with Crippen LogP contribution in [0.4, 0.5) is 11.4 Å². The lowest BCUT2D eigenvalue weighted by Gasteiger charge is -2.06. The highest BCUT2D eigenvalue weighted by Crippen LogP contribution is 2.21. The molecule has 18 heteroatoms. The van der Waals surface area contributed by atoms with Gasteiger partial charge in [0.2, 0.25) is 11.8 Å². The Bertz CT molecular complexity index is 2070. The molecule has 0 bridgehead atoms. The van der Waals surface area contributed by atoms with Crippen LogP contribution in [-0.2, 0) is 0 Å². The molecule has 6 rings (SSSR count). The minimum Gasteiger partial charge on any atom is -0.494 e. The average molecular weight is 627 g/mol. The molecule has 232 valence electrons. The van der Waals surface area contributed by atoms with Crippen LogP contribution in [0.5, 0.6) is 11.8 Å². The van der Waals surface area contributed by atoms with E-state index in [2.05, 4.69) is 31.0 Å². The van der Waals surface area contributed by atoms with Crippen molar-refractivity contribution in [1.82, 2.24) is 40.3 Å². The molecule has 6 aromatic rings. The molecule has 18 nitrogen and oxygen atoms in total. The Morgan fingerprint density at radius 3 is 1.22 bits per heavy atom. The maximum atomic E-state index is 12.1. The number of nitrogens with one attached hydrogen (secondary N) is 8. The second-order valence-corrected chi connectivity index (χ2v) is 9.27. The van der Waals surface area contributed by atoms with Crippen molar-refractivity contribution in [3.8, 4) is 34.3 Å². The van der Waals surface area contributed by atoms with Crippen LogP contribution in [0, 0.1) is 0 Å². The molecule has 0 radical (unpaired) electrons. The smallest absolute Gasteiger partial charge is 0.328 e. The molecule has 4 heterocycles. The highest BCUT2D eigenvalue weighted by molar-refractivity contribution is 6.06. The van der Waals surface area contributed by atoms with Crippen LogP contribution < -0.4 is 33.1 Å². The number of aromatic nitrogens is 8. The quantitative estimate of drug-likeness (QED) is 0.124. The van der Waals surface area contributed by atoms with E-state index in [4.69, 9.17) is 0 Å². The largest absolute Gasteiger partial charge is 0.494 e. The molecule has 0 saturated heterocycles. The van der Waals surface area contributed by atoms with Gasteiger partial charge in [-0.3, -0.25) is 49.3 Å². The second kappa shape index (κ2) is 13.0. The van der Waals surface area contributed by atoms with Crippen molar-refractivity contribution in [2.24, 2.45) is 0 Å². The lowest BCUT2D eigenvalue weighted by molar-refractivity contribution is 0.101. The summed E-state index contributed by atoms with van der Waals surface area (Å²) in [4.78, 5) is 76.9. The first kappa shape index (κ1) is 30.2. The summed E-state index contributed by atoms with van der Waals surface area (Å²) in [6.07, 6.45) is 3.24. The Balaban J connectivity index is 0.000000181. The molecule has 0 fully saturated rings. The van der Waals surface area contributed by atoms with Gasteiger partial charge in [-0.25, -0.2) is 9.59 Å². The first-order chi connectivity index (χ1) is 22.1. The fourth-order valence-electron chi connectivity index (χ4n) is 4.06. The van der Waals surface area contributed by atoms with Crippen molar-refractivity contribution in [3.05, 3.63) is 126 Å². The Kier molecular flexibility index (Phi) is 8.51. The summed E-state index contributed by atoms with van der Waals surface area (Å²) in [5.74, 6) is -3.25. The van der Waals surface area contributed by atoms with E-state index in [0.717, 1.165) is 22.5 Å². The van der Waals surface area contributed by atoms with E-state index >= 15 is 0 Å². The van der Waals surface area contributed by atoms with Crippen LogP contribution in [0.25, 0.3) is 22.5 Å².